The van der Waals surface area contributed by atoms with E-state index in [1.54, 1.807) is 6.92 Å². The molecule has 0 radical (unpaired) electrons. The molecule has 0 aliphatic rings. The van der Waals surface area contributed by atoms with Gasteiger partial charge in [0, 0.05) is 18.5 Å². The summed E-state index contributed by atoms with van der Waals surface area (Å²) in [5, 5.41) is 6.10. The maximum Gasteiger partial charge on any atom is 0.242 e. The molecule has 0 aromatic heterocycles. The molecule has 0 heterocycles. The lowest BCUT2D eigenvalue weighted by Crippen LogP contribution is -2.43. The second-order valence-corrected chi connectivity index (χ2v) is 5.74. The average molecular weight is 331 g/mol. The van der Waals surface area contributed by atoms with Gasteiger partial charge in [0.05, 0.1) is 0 Å². The first kappa shape index (κ1) is 17.0. The highest BCUT2D eigenvalue weighted by Gasteiger charge is 2.14. The second kappa shape index (κ2) is 7.79. The Hall–Kier alpha value is -2.33. The second-order valence-electron chi connectivity index (χ2n) is 5.30. The van der Waals surface area contributed by atoms with E-state index in [2.05, 4.69) is 10.6 Å². The number of halogens is 1. The Bertz CT molecular complexity index is 698. The largest absolute Gasteiger partial charge is 0.350 e. The van der Waals surface area contributed by atoms with Gasteiger partial charge in [0.2, 0.25) is 11.8 Å². The highest BCUT2D eigenvalue weighted by molar-refractivity contribution is 6.30. The molecule has 2 N–H and O–H groups in total. The molecule has 4 nitrogen and oxygen atoms in total. The van der Waals surface area contributed by atoms with Crippen molar-refractivity contribution in [1.82, 2.24) is 10.6 Å². The Balaban J connectivity index is 2.10. The number of amides is 2. The third-order valence-corrected chi connectivity index (χ3v) is 3.69. The number of carbonyl (C=O) groups is 2. The molecule has 2 amide bonds. The van der Waals surface area contributed by atoms with Gasteiger partial charge < -0.3 is 10.6 Å². The van der Waals surface area contributed by atoms with Gasteiger partial charge in [-0.15, -0.1) is 0 Å². The fourth-order valence-electron chi connectivity index (χ4n) is 2.29. The lowest BCUT2D eigenvalue weighted by Gasteiger charge is -2.15. The fraction of sp³-hybridized carbons (Fsp3) is 0.222. The molecular formula is C18H19ClN2O2. The minimum atomic E-state index is -0.560. The van der Waals surface area contributed by atoms with Crippen molar-refractivity contribution in [3.63, 3.8) is 0 Å². The van der Waals surface area contributed by atoms with Crippen LogP contribution in [0, 0.1) is 0 Å². The highest BCUT2D eigenvalue weighted by atomic mass is 35.5. The molecule has 0 fully saturated rings. The monoisotopic (exact) mass is 330 g/mol. The molecule has 23 heavy (non-hydrogen) atoms. The summed E-state index contributed by atoms with van der Waals surface area (Å²) in [6, 6.07) is 14.9. The Morgan fingerprint density at radius 1 is 1.09 bits per heavy atom. The summed E-state index contributed by atoms with van der Waals surface area (Å²) in [5.41, 5.74) is 3.07. The van der Waals surface area contributed by atoms with Crippen LogP contribution in [0.5, 0.6) is 0 Å². The molecule has 0 aliphatic carbocycles. The van der Waals surface area contributed by atoms with Gasteiger partial charge in [-0.05, 0) is 35.7 Å². The molecule has 0 bridgehead atoms. The number of nitrogens with one attached hydrogen (secondary N) is 2. The minimum absolute atomic E-state index is 0.217. The van der Waals surface area contributed by atoms with E-state index in [0.29, 0.717) is 11.6 Å². The molecule has 0 spiro atoms. The predicted molar refractivity (Wildman–Crippen MR) is 92.0 cm³/mol. The van der Waals surface area contributed by atoms with Gasteiger partial charge in [0.25, 0.3) is 0 Å². The Morgan fingerprint density at radius 3 is 2.39 bits per heavy atom. The van der Waals surface area contributed by atoms with Crippen molar-refractivity contribution in [3.8, 4) is 11.1 Å². The molecule has 0 aliphatic heterocycles. The lowest BCUT2D eigenvalue weighted by molar-refractivity contribution is -0.127. The van der Waals surface area contributed by atoms with Gasteiger partial charge in [-0.2, -0.15) is 0 Å². The van der Waals surface area contributed by atoms with E-state index in [1.807, 2.05) is 48.5 Å². The topological polar surface area (TPSA) is 58.2 Å². The average Bonchev–Trinajstić information content (AvgIpc) is 2.53. The first-order valence-electron chi connectivity index (χ1n) is 7.36. The summed E-state index contributed by atoms with van der Waals surface area (Å²) in [5.74, 6) is -0.444. The standard InChI is InChI=1S/C18H19ClN2O2/c1-12(21-13(2)22)18(23)20-11-15-5-3-4-6-17(15)14-7-9-16(19)10-8-14/h3-10,12H,11H2,1-2H3,(H,20,23)(H,21,22). The van der Waals surface area contributed by atoms with Crippen LogP contribution >= 0.6 is 11.6 Å². The zero-order valence-corrected chi connectivity index (χ0v) is 13.9. The van der Waals surface area contributed by atoms with Crippen molar-refractivity contribution in [3.05, 3.63) is 59.1 Å². The van der Waals surface area contributed by atoms with Crippen LogP contribution in [0.4, 0.5) is 0 Å². The third-order valence-electron chi connectivity index (χ3n) is 3.44. The summed E-state index contributed by atoms with van der Waals surface area (Å²) >= 11 is 5.93. The van der Waals surface area contributed by atoms with Crippen molar-refractivity contribution >= 4 is 23.4 Å². The number of benzene rings is 2. The first-order valence-corrected chi connectivity index (χ1v) is 7.74. The molecule has 2 aromatic rings. The molecule has 1 atom stereocenters. The van der Waals surface area contributed by atoms with E-state index in [4.69, 9.17) is 11.6 Å². The Labute approximate surface area is 140 Å². The number of hydrogen-bond acceptors (Lipinski definition) is 2. The van der Waals surface area contributed by atoms with Gasteiger partial charge in [0.1, 0.15) is 6.04 Å². The normalized spacial score (nSPS) is 11.6. The van der Waals surface area contributed by atoms with Gasteiger partial charge in [-0.25, -0.2) is 0 Å². The minimum Gasteiger partial charge on any atom is -0.350 e. The lowest BCUT2D eigenvalue weighted by atomic mass is 9.99. The van der Waals surface area contributed by atoms with Crippen molar-refractivity contribution in [2.75, 3.05) is 0 Å². The summed E-state index contributed by atoms with van der Waals surface area (Å²) in [6.07, 6.45) is 0. The van der Waals surface area contributed by atoms with Crippen LogP contribution in [0.2, 0.25) is 5.02 Å². The quantitative estimate of drug-likeness (QED) is 0.884. The molecule has 120 valence electrons. The molecule has 0 saturated carbocycles. The molecule has 0 saturated heterocycles. The van der Waals surface area contributed by atoms with Crippen LogP contribution in [-0.4, -0.2) is 17.9 Å². The van der Waals surface area contributed by atoms with E-state index in [0.717, 1.165) is 16.7 Å². The third kappa shape index (κ3) is 4.83. The van der Waals surface area contributed by atoms with Crippen LogP contribution in [0.1, 0.15) is 19.4 Å². The van der Waals surface area contributed by atoms with Crippen LogP contribution in [0.3, 0.4) is 0 Å². The smallest absolute Gasteiger partial charge is 0.242 e. The molecule has 2 aromatic carbocycles. The first-order chi connectivity index (χ1) is 11.0. The predicted octanol–water partition coefficient (Wildman–Crippen LogP) is 3.15. The van der Waals surface area contributed by atoms with Gasteiger partial charge in [0.15, 0.2) is 0 Å². The fourth-order valence-corrected chi connectivity index (χ4v) is 2.42. The van der Waals surface area contributed by atoms with E-state index in [1.165, 1.54) is 6.92 Å². The summed E-state index contributed by atoms with van der Waals surface area (Å²) in [7, 11) is 0. The van der Waals surface area contributed by atoms with Gasteiger partial charge >= 0.3 is 0 Å². The maximum atomic E-state index is 12.0. The van der Waals surface area contributed by atoms with E-state index in [9.17, 15) is 9.59 Å². The number of hydrogen-bond donors (Lipinski definition) is 2. The molecule has 2 rings (SSSR count). The Morgan fingerprint density at radius 2 is 1.74 bits per heavy atom. The SMILES string of the molecule is CC(=O)NC(C)C(=O)NCc1ccccc1-c1ccc(Cl)cc1. The van der Waals surface area contributed by atoms with Gasteiger partial charge in [-0.1, -0.05) is 48.0 Å². The molecule has 5 heteroatoms. The summed E-state index contributed by atoms with van der Waals surface area (Å²) in [6.45, 7) is 3.43. The Kier molecular flexibility index (Phi) is 5.77. The van der Waals surface area contributed by atoms with Crippen molar-refractivity contribution < 1.29 is 9.59 Å². The molecular weight excluding hydrogens is 312 g/mol. The van der Waals surface area contributed by atoms with Crippen LogP contribution in [0.15, 0.2) is 48.5 Å². The summed E-state index contributed by atoms with van der Waals surface area (Å²) < 4.78 is 0. The van der Waals surface area contributed by atoms with Crippen molar-refractivity contribution in [2.24, 2.45) is 0 Å². The maximum absolute atomic E-state index is 12.0. The van der Waals surface area contributed by atoms with E-state index in [-0.39, 0.29) is 11.8 Å². The zero-order valence-electron chi connectivity index (χ0n) is 13.1. The van der Waals surface area contributed by atoms with Crippen LogP contribution in [-0.2, 0) is 16.1 Å². The van der Waals surface area contributed by atoms with Crippen molar-refractivity contribution in [2.45, 2.75) is 26.4 Å². The number of rotatable bonds is 5. The van der Waals surface area contributed by atoms with Crippen molar-refractivity contribution in [1.29, 1.82) is 0 Å². The van der Waals surface area contributed by atoms with Gasteiger partial charge in [-0.3, -0.25) is 9.59 Å². The molecule has 1 unspecified atom stereocenters. The van der Waals surface area contributed by atoms with Crippen LogP contribution in [0.25, 0.3) is 11.1 Å². The number of carbonyl (C=O) groups excluding carboxylic acids is 2. The van der Waals surface area contributed by atoms with E-state index >= 15 is 0 Å². The summed E-state index contributed by atoms with van der Waals surface area (Å²) in [4.78, 5) is 23.0. The highest BCUT2D eigenvalue weighted by Crippen LogP contribution is 2.25. The van der Waals surface area contributed by atoms with E-state index < -0.39 is 6.04 Å². The van der Waals surface area contributed by atoms with Crippen LogP contribution < -0.4 is 10.6 Å². The zero-order chi connectivity index (χ0) is 16.8.